The van der Waals surface area contributed by atoms with Gasteiger partial charge in [0.25, 0.3) is 0 Å². The second-order valence-electron chi connectivity index (χ2n) is 4.54. The third kappa shape index (κ3) is 2.59. The Bertz CT molecular complexity index is 536. The molecule has 18 heavy (non-hydrogen) atoms. The molecular formula is C14H14N2O2. The molecule has 1 N–H and O–H groups in total. The van der Waals surface area contributed by atoms with E-state index in [1.807, 2.05) is 6.07 Å². The van der Waals surface area contributed by atoms with Crippen molar-refractivity contribution in [3.63, 3.8) is 0 Å². The number of rotatable bonds is 4. The standard InChI is InChI=1S/C14H14N2O2/c17-12-3-1-2-11(6-12)13-7-16-14(8-15-13)18-9-10-4-5-10/h1-3,6-8,10,17H,4-5,9H2. The minimum Gasteiger partial charge on any atom is -0.508 e. The molecule has 0 atom stereocenters. The number of nitrogens with zero attached hydrogens (tertiary/aromatic N) is 2. The Kier molecular flexibility index (Phi) is 2.84. The third-order valence-corrected chi connectivity index (χ3v) is 2.93. The van der Waals surface area contributed by atoms with Gasteiger partial charge in [-0.15, -0.1) is 0 Å². The second-order valence-corrected chi connectivity index (χ2v) is 4.54. The highest BCUT2D eigenvalue weighted by Gasteiger charge is 2.22. The van der Waals surface area contributed by atoms with Crippen LogP contribution in [0.4, 0.5) is 0 Å². The molecule has 3 rings (SSSR count). The zero-order valence-electron chi connectivity index (χ0n) is 9.91. The van der Waals surface area contributed by atoms with Gasteiger partial charge in [-0.05, 0) is 30.9 Å². The van der Waals surface area contributed by atoms with Crippen molar-refractivity contribution in [1.82, 2.24) is 9.97 Å². The van der Waals surface area contributed by atoms with Crippen molar-refractivity contribution in [2.75, 3.05) is 6.61 Å². The molecule has 1 aromatic carbocycles. The Morgan fingerprint density at radius 2 is 2.11 bits per heavy atom. The maximum absolute atomic E-state index is 9.41. The van der Waals surface area contributed by atoms with E-state index in [1.54, 1.807) is 30.6 Å². The highest BCUT2D eigenvalue weighted by atomic mass is 16.5. The molecule has 1 heterocycles. The fraction of sp³-hybridized carbons (Fsp3) is 0.286. The van der Waals surface area contributed by atoms with Gasteiger partial charge in [-0.1, -0.05) is 12.1 Å². The van der Waals surface area contributed by atoms with Gasteiger partial charge in [-0.25, -0.2) is 9.97 Å². The van der Waals surface area contributed by atoms with Crippen LogP contribution in [0.5, 0.6) is 11.6 Å². The summed E-state index contributed by atoms with van der Waals surface area (Å²) in [4.78, 5) is 8.51. The summed E-state index contributed by atoms with van der Waals surface area (Å²) in [5.74, 6) is 1.49. The van der Waals surface area contributed by atoms with Crippen molar-refractivity contribution in [3.05, 3.63) is 36.7 Å². The maximum Gasteiger partial charge on any atom is 0.232 e. The molecular weight excluding hydrogens is 228 g/mol. The van der Waals surface area contributed by atoms with Crippen LogP contribution in [0.25, 0.3) is 11.3 Å². The average molecular weight is 242 g/mol. The molecule has 0 radical (unpaired) electrons. The first-order valence-corrected chi connectivity index (χ1v) is 6.05. The Balaban J connectivity index is 1.73. The quantitative estimate of drug-likeness (QED) is 0.895. The van der Waals surface area contributed by atoms with Gasteiger partial charge in [0.05, 0.1) is 24.7 Å². The lowest BCUT2D eigenvalue weighted by molar-refractivity contribution is 0.287. The van der Waals surface area contributed by atoms with E-state index in [0.717, 1.165) is 17.9 Å². The predicted octanol–water partition coefficient (Wildman–Crippen LogP) is 2.64. The molecule has 4 nitrogen and oxygen atoms in total. The van der Waals surface area contributed by atoms with E-state index in [-0.39, 0.29) is 5.75 Å². The lowest BCUT2D eigenvalue weighted by Crippen LogP contribution is -2.01. The fourth-order valence-corrected chi connectivity index (χ4v) is 1.69. The molecule has 2 aromatic rings. The van der Waals surface area contributed by atoms with E-state index >= 15 is 0 Å². The smallest absolute Gasteiger partial charge is 0.232 e. The summed E-state index contributed by atoms with van der Waals surface area (Å²) in [6.07, 6.45) is 5.81. The van der Waals surface area contributed by atoms with Crippen LogP contribution in [0.2, 0.25) is 0 Å². The zero-order valence-corrected chi connectivity index (χ0v) is 9.91. The number of phenols is 1. The SMILES string of the molecule is Oc1cccc(-c2cnc(OCC3CC3)cn2)c1. The van der Waals surface area contributed by atoms with Crippen LogP contribution in [0.1, 0.15) is 12.8 Å². The van der Waals surface area contributed by atoms with Crippen molar-refractivity contribution < 1.29 is 9.84 Å². The first-order valence-electron chi connectivity index (χ1n) is 6.05. The molecule has 0 amide bonds. The summed E-state index contributed by atoms with van der Waals surface area (Å²) in [5, 5.41) is 9.41. The molecule has 1 saturated carbocycles. The number of phenolic OH excluding ortho intramolecular Hbond substituents is 1. The van der Waals surface area contributed by atoms with Crippen LogP contribution in [0.15, 0.2) is 36.7 Å². The molecule has 92 valence electrons. The van der Waals surface area contributed by atoms with Gasteiger partial charge in [0.2, 0.25) is 5.88 Å². The molecule has 0 saturated heterocycles. The van der Waals surface area contributed by atoms with Gasteiger partial charge < -0.3 is 9.84 Å². The Morgan fingerprint density at radius 1 is 1.22 bits per heavy atom. The molecule has 1 aliphatic carbocycles. The number of aromatic nitrogens is 2. The van der Waals surface area contributed by atoms with Crippen molar-refractivity contribution in [1.29, 1.82) is 0 Å². The molecule has 4 heteroatoms. The predicted molar refractivity (Wildman–Crippen MR) is 67.4 cm³/mol. The summed E-state index contributed by atoms with van der Waals surface area (Å²) in [5.41, 5.74) is 1.57. The Hall–Kier alpha value is -2.10. The van der Waals surface area contributed by atoms with Crippen molar-refractivity contribution in [3.8, 4) is 22.9 Å². The van der Waals surface area contributed by atoms with Gasteiger partial charge in [-0.2, -0.15) is 0 Å². The first kappa shape index (κ1) is 11.0. The highest BCUT2D eigenvalue weighted by Crippen LogP contribution is 2.29. The van der Waals surface area contributed by atoms with Gasteiger partial charge >= 0.3 is 0 Å². The van der Waals surface area contributed by atoms with Crippen molar-refractivity contribution in [2.24, 2.45) is 5.92 Å². The summed E-state index contributed by atoms with van der Waals surface area (Å²) in [7, 11) is 0. The van der Waals surface area contributed by atoms with E-state index < -0.39 is 0 Å². The number of hydrogen-bond donors (Lipinski definition) is 1. The maximum atomic E-state index is 9.41. The monoisotopic (exact) mass is 242 g/mol. The third-order valence-electron chi connectivity index (χ3n) is 2.93. The topological polar surface area (TPSA) is 55.2 Å². The van der Waals surface area contributed by atoms with E-state index in [9.17, 15) is 5.11 Å². The largest absolute Gasteiger partial charge is 0.508 e. The van der Waals surface area contributed by atoms with Gasteiger partial charge in [0.1, 0.15) is 5.75 Å². The highest BCUT2D eigenvalue weighted by molar-refractivity contribution is 5.60. The fourth-order valence-electron chi connectivity index (χ4n) is 1.69. The molecule has 0 spiro atoms. The van der Waals surface area contributed by atoms with Crippen LogP contribution < -0.4 is 4.74 Å². The minimum atomic E-state index is 0.225. The molecule has 1 aliphatic rings. The second kappa shape index (κ2) is 4.64. The molecule has 1 aromatic heterocycles. The van der Waals surface area contributed by atoms with E-state index in [4.69, 9.17) is 4.74 Å². The minimum absolute atomic E-state index is 0.225. The summed E-state index contributed by atoms with van der Waals surface area (Å²) >= 11 is 0. The lowest BCUT2D eigenvalue weighted by Gasteiger charge is -2.05. The number of hydrogen-bond acceptors (Lipinski definition) is 4. The van der Waals surface area contributed by atoms with E-state index in [1.165, 1.54) is 12.8 Å². The average Bonchev–Trinajstić information content (AvgIpc) is 3.21. The van der Waals surface area contributed by atoms with Gasteiger partial charge in [0.15, 0.2) is 0 Å². The van der Waals surface area contributed by atoms with E-state index in [0.29, 0.717) is 11.8 Å². The van der Waals surface area contributed by atoms with Gasteiger partial charge in [0, 0.05) is 5.56 Å². The van der Waals surface area contributed by atoms with Gasteiger partial charge in [-0.3, -0.25) is 0 Å². The molecule has 0 unspecified atom stereocenters. The number of ether oxygens (including phenoxy) is 1. The molecule has 0 aliphatic heterocycles. The summed E-state index contributed by atoms with van der Waals surface area (Å²) in [6, 6.07) is 6.96. The van der Waals surface area contributed by atoms with Crippen molar-refractivity contribution >= 4 is 0 Å². The number of benzene rings is 1. The molecule has 1 fully saturated rings. The van der Waals surface area contributed by atoms with E-state index in [2.05, 4.69) is 9.97 Å². The lowest BCUT2D eigenvalue weighted by atomic mass is 10.1. The summed E-state index contributed by atoms with van der Waals surface area (Å²) < 4.78 is 5.52. The number of aromatic hydroxyl groups is 1. The normalized spacial score (nSPS) is 14.4. The Labute approximate surface area is 105 Å². The van der Waals surface area contributed by atoms with Crippen LogP contribution in [0, 0.1) is 5.92 Å². The first-order chi connectivity index (χ1) is 8.81. The molecule has 0 bridgehead atoms. The van der Waals surface area contributed by atoms with Crippen LogP contribution in [-0.4, -0.2) is 21.7 Å². The van der Waals surface area contributed by atoms with Crippen LogP contribution in [-0.2, 0) is 0 Å². The Morgan fingerprint density at radius 3 is 2.78 bits per heavy atom. The van der Waals surface area contributed by atoms with Crippen LogP contribution >= 0.6 is 0 Å². The van der Waals surface area contributed by atoms with Crippen LogP contribution in [0.3, 0.4) is 0 Å². The zero-order chi connectivity index (χ0) is 12.4. The van der Waals surface area contributed by atoms with Crippen molar-refractivity contribution in [2.45, 2.75) is 12.8 Å². The summed E-state index contributed by atoms with van der Waals surface area (Å²) in [6.45, 7) is 0.736.